The number of anilines is 1. The fraction of sp³-hybridized carbons (Fsp3) is 0.282. The molecule has 1 saturated heterocycles. The second-order valence-corrected chi connectivity index (χ2v) is 12.4. The Morgan fingerprint density at radius 3 is 2.00 bits per heavy atom. The predicted molar refractivity (Wildman–Crippen MR) is 185 cm³/mol. The lowest BCUT2D eigenvalue weighted by atomic mass is 9.80. The van der Waals surface area contributed by atoms with Gasteiger partial charge < -0.3 is 23.9 Å². The number of benzene rings is 4. The first-order chi connectivity index (χ1) is 22.9. The fourth-order valence-electron chi connectivity index (χ4n) is 6.85. The van der Waals surface area contributed by atoms with Crippen molar-refractivity contribution in [2.45, 2.75) is 31.9 Å². The molecule has 7 rings (SSSR count). The molecule has 3 heterocycles. The number of halogens is 1. The van der Waals surface area contributed by atoms with Crippen LogP contribution >= 0.6 is 0 Å². The van der Waals surface area contributed by atoms with E-state index in [4.69, 9.17) is 14.7 Å². The smallest absolute Gasteiger partial charge is 0.212 e. The van der Waals surface area contributed by atoms with Crippen molar-refractivity contribution in [2.24, 2.45) is 5.16 Å². The quantitative estimate of drug-likeness (QED) is 0.105. The van der Waals surface area contributed by atoms with Crippen LogP contribution in [0.5, 0.6) is 5.75 Å². The minimum Gasteiger partial charge on any atom is -0.487 e. The van der Waals surface area contributed by atoms with Gasteiger partial charge in [0.05, 0.1) is 28.2 Å². The highest BCUT2D eigenvalue weighted by Crippen LogP contribution is 2.43. The molecule has 0 amide bonds. The highest BCUT2D eigenvalue weighted by molar-refractivity contribution is 6.03. The Balaban J connectivity index is 1.40. The SMILES string of the molecule is CC/C(=N/OC(c1ccccc1)(c1ccccc1)c1ccccc1)c1cn2c3c(c(N4CCN(C)CC4)c(F)cc3c1=O)OC[C@@H]2C. The lowest BCUT2D eigenvalue weighted by Crippen LogP contribution is -2.45. The van der Waals surface area contributed by atoms with Crippen molar-refractivity contribution in [1.82, 2.24) is 9.47 Å². The lowest BCUT2D eigenvalue weighted by molar-refractivity contribution is 0.0170. The molecule has 0 spiro atoms. The first-order valence-electron chi connectivity index (χ1n) is 16.3. The number of oxime groups is 1. The van der Waals surface area contributed by atoms with E-state index in [1.807, 2.05) is 121 Å². The zero-order valence-corrected chi connectivity index (χ0v) is 27.0. The summed E-state index contributed by atoms with van der Waals surface area (Å²) in [4.78, 5) is 25.3. The molecule has 240 valence electrons. The Morgan fingerprint density at radius 2 is 1.47 bits per heavy atom. The van der Waals surface area contributed by atoms with Gasteiger partial charge in [-0.1, -0.05) is 103 Å². The molecule has 1 aromatic heterocycles. The van der Waals surface area contributed by atoms with Crippen LogP contribution in [-0.2, 0) is 10.4 Å². The molecule has 2 aliphatic heterocycles. The average molecular weight is 631 g/mol. The van der Waals surface area contributed by atoms with Crippen molar-refractivity contribution >= 4 is 22.3 Å². The molecule has 47 heavy (non-hydrogen) atoms. The molecular formula is C39H39FN4O3. The van der Waals surface area contributed by atoms with Gasteiger partial charge in [-0.05, 0) is 26.5 Å². The van der Waals surface area contributed by atoms with E-state index in [0.717, 1.165) is 29.8 Å². The third-order valence-corrected chi connectivity index (χ3v) is 9.44. The molecule has 8 heteroatoms. The van der Waals surface area contributed by atoms with E-state index in [1.165, 1.54) is 6.07 Å². The second-order valence-electron chi connectivity index (χ2n) is 12.4. The van der Waals surface area contributed by atoms with Crippen LogP contribution in [0.1, 0.15) is 48.6 Å². The van der Waals surface area contributed by atoms with Crippen LogP contribution in [0.15, 0.2) is 113 Å². The van der Waals surface area contributed by atoms with Gasteiger partial charge >= 0.3 is 0 Å². The highest BCUT2D eigenvalue weighted by atomic mass is 19.1. The predicted octanol–water partition coefficient (Wildman–Crippen LogP) is 6.97. The van der Waals surface area contributed by atoms with E-state index in [0.29, 0.717) is 54.3 Å². The molecule has 1 atom stereocenters. The van der Waals surface area contributed by atoms with E-state index in [2.05, 4.69) is 11.9 Å². The average Bonchev–Trinajstić information content (AvgIpc) is 3.11. The largest absolute Gasteiger partial charge is 0.487 e. The van der Waals surface area contributed by atoms with Gasteiger partial charge in [-0.15, -0.1) is 0 Å². The normalized spacial score (nSPS) is 17.1. The Kier molecular flexibility index (Phi) is 8.28. The number of rotatable bonds is 8. The molecule has 0 unspecified atom stereocenters. The minimum absolute atomic E-state index is 0.0776. The zero-order chi connectivity index (χ0) is 32.5. The van der Waals surface area contributed by atoms with Gasteiger partial charge in [0.2, 0.25) is 5.60 Å². The number of pyridine rings is 1. The van der Waals surface area contributed by atoms with E-state index in [1.54, 1.807) is 0 Å². The van der Waals surface area contributed by atoms with Crippen LogP contribution in [0, 0.1) is 5.82 Å². The highest BCUT2D eigenvalue weighted by Gasteiger charge is 2.40. The maximum Gasteiger partial charge on any atom is 0.212 e. The van der Waals surface area contributed by atoms with Gasteiger partial charge in [0.25, 0.3) is 0 Å². The third-order valence-electron chi connectivity index (χ3n) is 9.44. The lowest BCUT2D eigenvalue weighted by Gasteiger charge is -2.37. The van der Waals surface area contributed by atoms with Crippen molar-refractivity contribution in [1.29, 1.82) is 0 Å². The van der Waals surface area contributed by atoms with E-state index >= 15 is 4.39 Å². The maximum atomic E-state index is 16.0. The molecule has 2 aliphatic rings. The third kappa shape index (κ3) is 5.36. The number of ether oxygens (including phenoxy) is 1. The van der Waals surface area contributed by atoms with E-state index < -0.39 is 11.4 Å². The molecule has 1 fully saturated rings. The maximum absolute atomic E-state index is 16.0. The standard InChI is InChI=1S/C39H39FN4O3/c1-4-34(41-47-39(28-14-8-5-9-15-28,29-16-10-6-11-17-29)30-18-12-7-13-19-30)32-25-44-27(2)26-46-38-35(44)31(37(32)45)24-33(40)36(38)43-22-20-42(3)21-23-43/h5-19,24-25,27H,4,20-23,26H2,1-3H3/b41-34-/t27-/m0/s1. The topological polar surface area (TPSA) is 59.3 Å². The number of hydrogen-bond donors (Lipinski definition) is 0. The Labute approximate surface area is 274 Å². The van der Waals surface area contributed by atoms with E-state index in [9.17, 15) is 4.79 Å². The summed E-state index contributed by atoms with van der Waals surface area (Å²) in [5.41, 5.74) is 3.23. The summed E-state index contributed by atoms with van der Waals surface area (Å²) in [6.07, 6.45) is 2.28. The number of hydrogen-bond acceptors (Lipinski definition) is 6. The molecule has 7 nitrogen and oxygen atoms in total. The number of piperazine rings is 1. The van der Waals surface area contributed by atoms with Crippen LogP contribution in [0.3, 0.4) is 0 Å². The van der Waals surface area contributed by atoms with Crippen LogP contribution in [0.2, 0.25) is 0 Å². The van der Waals surface area contributed by atoms with Crippen molar-refractivity contribution in [3.63, 3.8) is 0 Å². The van der Waals surface area contributed by atoms with Crippen LogP contribution in [0.25, 0.3) is 10.9 Å². The molecule has 0 N–H and O–H groups in total. The van der Waals surface area contributed by atoms with Gasteiger partial charge in [-0.25, -0.2) is 4.39 Å². The van der Waals surface area contributed by atoms with Crippen molar-refractivity contribution in [2.75, 3.05) is 44.7 Å². The second kappa shape index (κ2) is 12.7. The molecular weight excluding hydrogens is 591 g/mol. The number of likely N-dealkylation sites (N-methyl/N-ethyl adjacent to an activating group) is 1. The first-order valence-corrected chi connectivity index (χ1v) is 16.3. The van der Waals surface area contributed by atoms with Crippen molar-refractivity contribution in [3.8, 4) is 5.75 Å². The molecule has 0 aliphatic carbocycles. The van der Waals surface area contributed by atoms with Crippen molar-refractivity contribution < 1.29 is 14.0 Å². The minimum atomic E-state index is -1.09. The molecule has 0 saturated carbocycles. The van der Waals surface area contributed by atoms with E-state index in [-0.39, 0.29) is 16.9 Å². The fourth-order valence-corrected chi connectivity index (χ4v) is 6.85. The van der Waals surface area contributed by atoms with Crippen molar-refractivity contribution in [3.05, 3.63) is 142 Å². The Morgan fingerprint density at radius 1 is 0.915 bits per heavy atom. The Hall–Kier alpha value is -4.95. The van der Waals surface area contributed by atoms with Crippen LogP contribution in [-0.4, -0.2) is 55.0 Å². The zero-order valence-electron chi connectivity index (χ0n) is 27.0. The monoisotopic (exact) mass is 630 g/mol. The summed E-state index contributed by atoms with van der Waals surface area (Å²) >= 11 is 0. The van der Waals surface area contributed by atoms with Crippen LogP contribution < -0.4 is 15.1 Å². The molecule has 4 aromatic carbocycles. The number of aromatic nitrogens is 1. The number of nitrogens with zero attached hydrogens (tertiary/aromatic N) is 4. The van der Waals surface area contributed by atoms with Gasteiger partial charge in [-0.3, -0.25) is 4.79 Å². The summed E-state index contributed by atoms with van der Waals surface area (Å²) in [5, 5.41) is 5.09. The Bertz CT molecular complexity index is 1870. The first kappa shape index (κ1) is 30.7. The molecule has 0 bridgehead atoms. The summed E-state index contributed by atoms with van der Waals surface area (Å²) in [6.45, 7) is 7.37. The van der Waals surface area contributed by atoms with Crippen LogP contribution in [0.4, 0.5) is 10.1 Å². The van der Waals surface area contributed by atoms with Gasteiger partial charge in [-0.2, -0.15) is 0 Å². The summed E-state index contributed by atoms with van der Waals surface area (Å²) in [7, 11) is 2.07. The summed E-state index contributed by atoms with van der Waals surface area (Å²) in [6, 6.07) is 31.3. The van der Waals surface area contributed by atoms with Gasteiger partial charge in [0.15, 0.2) is 17.0 Å². The van der Waals surface area contributed by atoms with Gasteiger partial charge in [0, 0.05) is 49.1 Å². The molecule has 5 aromatic rings. The molecule has 0 radical (unpaired) electrons. The van der Waals surface area contributed by atoms with Gasteiger partial charge in [0.1, 0.15) is 12.3 Å². The summed E-state index contributed by atoms with van der Waals surface area (Å²) < 4.78 is 24.3. The summed E-state index contributed by atoms with van der Waals surface area (Å²) in [5.74, 6) is -0.0105.